The second-order valence-electron chi connectivity index (χ2n) is 7.26. The Morgan fingerprint density at radius 1 is 1.10 bits per heavy atom. The highest BCUT2D eigenvalue weighted by atomic mass is 16.6. The third kappa shape index (κ3) is 4.30. The molecule has 7 heteroatoms. The molecule has 2 aromatic carbocycles. The fourth-order valence-corrected chi connectivity index (χ4v) is 3.65. The fourth-order valence-electron chi connectivity index (χ4n) is 3.65. The van der Waals surface area contributed by atoms with Gasteiger partial charge in [-0.2, -0.15) is 5.10 Å². The van der Waals surface area contributed by atoms with E-state index < -0.39 is 10.8 Å². The van der Waals surface area contributed by atoms with E-state index in [1.165, 1.54) is 17.2 Å². The van der Waals surface area contributed by atoms with Gasteiger partial charge in [-0.25, -0.2) is 5.43 Å². The molecule has 1 amide bonds. The molecule has 0 fully saturated rings. The van der Waals surface area contributed by atoms with E-state index >= 15 is 0 Å². The number of nitro benzene ring substituents is 1. The van der Waals surface area contributed by atoms with Crippen molar-refractivity contribution >= 4 is 17.8 Å². The van der Waals surface area contributed by atoms with E-state index in [4.69, 9.17) is 0 Å². The minimum atomic E-state index is -0.492. The number of hydrazone groups is 1. The molecule has 0 saturated carbocycles. The monoisotopic (exact) mass is 404 g/mol. The third-order valence-corrected chi connectivity index (χ3v) is 5.07. The molecular formula is C23H24N4O3. The highest BCUT2D eigenvalue weighted by Gasteiger charge is 2.16. The molecule has 0 aliphatic heterocycles. The van der Waals surface area contributed by atoms with Crippen LogP contribution in [0.15, 0.2) is 53.6 Å². The molecule has 154 valence electrons. The molecule has 0 atom stereocenters. The van der Waals surface area contributed by atoms with Crippen molar-refractivity contribution < 1.29 is 9.72 Å². The molecule has 30 heavy (non-hydrogen) atoms. The van der Waals surface area contributed by atoms with E-state index in [-0.39, 0.29) is 12.1 Å². The molecule has 3 aromatic rings. The van der Waals surface area contributed by atoms with Gasteiger partial charge < -0.3 is 4.57 Å². The van der Waals surface area contributed by atoms with E-state index in [1.807, 2.05) is 26.0 Å². The van der Waals surface area contributed by atoms with Gasteiger partial charge in [-0.1, -0.05) is 36.4 Å². The Balaban J connectivity index is 1.77. The van der Waals surface area contributed by atoms with Crippen molar-refractivity contribution in [2.75, 3.05) is 0 Å². The Bertz CT molecular complexity index is 1130. The van der Waals surface area contributed by atoms with E-state index in [1.54, 1.807) is 24.4 Å². The summed E-state index contributed by atoms with van der Waals surface area (Å²) < 4.78 is 2.18. The first-order valence-electron chi connectivity index (χ1n) is 9.59. The van der Waals surface area contributed by atoms with Gasteiger partial charge in [-0.15, -0.1) is 0 Å². The summed E-state index contributed by atoms with van der Waals surface area (Å²) >= 11 is 0. The third-order valence-electron chi connectivity index (χ3n) is 5.07. The van der Waals surface area contributed by atoms with Gasteiger partial charge in [0.15, 0.2) is 0 Å². The molecule has 0 saturated heterocycles. The number of nitrogens with one attached hydrogen (secondary N) is 1. The highest BCUT2D eigenvalue weighted by Crippen LogP contribution is 2.25. The number of aromatic nitrogens is 1. The van der Waals surface area contributed by atoms with E-state index in [0.717, 1.165) is 22.6 Å². The number of carbonyl (C=O) groups excluding carboxylic acids is 1. The number of aryl methyl sites for hydroxylation is 3. The number of hydrogen-bond acceptors (Lipinski definition) is 4. The number of benzene rings is 2. The summed E-state index contributed by atoms with van der Waals surface area (Å²) in [5.41, 5.74) is 9.21. The summed E-state index contributed by atoms with van der Waals surface area (Å²) in [5, 5.41) is 15.1. The lowest BCUT2D eigenvalue weighted by molar-refractivity contribution is -0.385. The number of hydrogen-bond donors (Lipinski definition) is 1. The zero-order valence-electron chi connectivity index (χ0n) is 17.5. The van der Waals surface area contributed by atoms with Crippen molar-refractivity contribution in [1.82, 2.24) is 9.99 Å². The molecule has 7 nitrogen and oxygen atoms in total. The molecule has 1 N–H and O–H groups in total. The lowest BCUT2D eigenvalue weighted by Crippen LogP contribution is -2.20. The minimum absolute atomic E-state index is 0.0752. The maximum Gasteiger partial charge on any atom is 0.273 e. The van der Waals surface area contributed by atoms with Crippen LogP contribution in [0.1, 0.15) is 33.6 Å². The van der Waals surface area contributed by atoms with Crippen LogP contribution < -0.4 is 5.43 Å². The smallest absolute Gasteiger partial charge is 0.273 e. The molecular weight excluding hydrogens is 380 g/mol. The zero-order valence-corrected chi connectivity index (χ0v) is 17.5. The van der Waals surface area contributed by atoms with Gasteiger partial charge in [-0.05, 0) is 44.9 Å². The normalized spacial score (nSPS) is 11.1. The van der Waals surface area contributed by atoms with Crippen LogP contribution in [-0.2, 0) is 11.2 Å². The Morgan fingerprint density at radius 3 is 2.43 bits per heavy atom. The summed E-state index contributed by atoms with van der Waals surface area (Å²) in [4.78, 5) is 22.8. The summed E-state index contributed by atoms with van der Waals surface area (Å²) in [7, 11) is 0. The van der Waals surface area contributed by atoms with Crippen LogP contribution in [0, 0.1) is 37.8 Å². The maximum absolute atomic E-state index is 12.2. The Kier molecular flexibility index (Phi) is 6.11. The molecule has 3 rings (SSSR count). The average Bonchev–Trinajstić information content (AvgIpc) is 2.96. The first kappa shape index (κ1) is 21.0. The van der Waals surface area contributed by atoms with Crippen LogP contribution in [-0.4, -0.2) is 21.6 Å². The SMILES string of the molecule is Cc1cccc(C)c1-n1c(C)cc(/C=N/NC(=O)Cc2ccccc2[N+](=O)[O-])c1C. The van der Waals surface area contributed by atoms with E-state index in [0.29, 0.717) is 5.56 Å². The van der Waals surface area contributed by atoms with Gasteiger partial charge in [0, 0.05) is 28.6 Å². The minimum Gasteiger partial charge on any atom is -0.317 e. The molecule has 1 aromatic heterocycles. The lowest BCUT2D eigenvalue weighted by atomic mass is 10.1. The largest absolute Gasteiger partial charge is 0.317 e. The van der Waals surface area contributed by atoms with Gasteiger partial charge in [-0.3, -0.25) is 14.9 Å². The molecule has 0 aliphatic carbocycles. The summed E-state index contributed by atoms with van der Waals surface area (Å²) in [6, 6.07) is 14.4. The van der Waals surface area contributed by atoms with Crippen molar-refractivity contribution in [2.24, 2.45) is 5.10 Å². The zero-order chi connectivity index (χ0) is 21.8. The summed E-state index contributed by atoms with van der Waals surface area (Å²) in [5.74, 6) is -0.413. The molecule has 0 spiro atoms. The van der Waals surface area contributed by atoms with Crippen LogP contribution >= 0.6 is 0 Å². The van der Waals surface area contributed by atoms with Crippen LogP contribution in [0.2, 0.25) is 0 Å². The summed E-state index contributed by atoms with van der Waals surface area (Å²) in [6.45, 7) is 8.20. The molecule has 1 heterocycles. The number of nitro groups is 1. The van der Waals surface area contributed by atoms with Crippen molar-refractivity contribution in [1.29, 1.82) is 0 Å². The molecule has 0 bridgehead atoms. The maximum atomic E-state index is 12.2. The van der Waals surface area contributed by atoms with E-state index in [2.05, 4.69) is 41.1 Å². The Labute approximate surface area is 175 Å². The van der Waals surface area contributed by atoms with Crippen molar-refractivity contribution in [3.63, 3.8) is 0 Å². The highest BCUT2D eigenvalue weighted by molar-refractivity contribution is 5.85. The van der Waals surface area contributed by atoms with Gasteiger partial charge in [0.05, 0.1) is 23.2 Å². The van der Waals surface area contributed by atoms with Crippen molar-refractivity contribution in [3.05, 3.63) is 92.3 Å². The lowest BCUT2D eigenvalue weighted by Gasteiger charge is -2.15. The van der Waals surface area contributed by atoms with Gasteiger partial charge in [0.1, 0.15) is 0 Å². The van der Waals surface area contributed by atoms with Gasteiger partial charge in [0.25, 0.3) is 5.69 Å². The van der Waals surface area contributed by atoms with Crippen LogP contribution in [0.4, 0.5) is 5.69 Å². The number of nitrogens with zero attached hydrogens (tertiary/aromatic N) is 3. The fraction of sp³-hybridized carbons (Fsp3) is 0.217. The number of amides is 1. The molecule has 0 radical (unpaired) electrons. The summed E-state index contributed by atoms with van der Waals surface area (Å²) in [6.07, 6.45) is 1.49. The van der Waals surface area contributed by atoms with Crippen molar-refractivity contribution in [3.8, 4) is 5.69 Å². The quantitative estimate of drug-likeness (QED) is 0.377. The topological polar surface area (TPSA) is 89.5 Å². The van der Waals surface area contributed by atoms with Crippen molar-refractivity contribution in [2.45, 2.75) is 34.1 Å². The van der Waals surface area contributed by atoms with Gasteiger partial charge >= 0.3 is 0 Å². The molecule has 0 unspecified atom stereocenters. The van der Waals surface area contributed by atoms with Crippen LogP contribution in [0.5, 0.6) is 0 Å². The van der Waals surface area contributed by atoms with Crippen LogP contribution in [0.3, 0.4) is 0 Å². The van der Waals surface area contributed by atoms with Gasteiger partial charge in [0.2, 0.25) is 5.91 Å². The second-order valence-corrected chi connectivity index (χ2v) is 7.26. The van der Waals surface area contributed by atoms with Crippen LogP contribution in [0.25, 0.3) is 5.69 Å². The average molecular weight is 404 g/mol. The number of carbonyl (C=O) groups is 1. The first-order chi connectivity index (χ1) is 14.3. The number of para-hydroxylation sites is 2. The number of rotatable bonds is 6. The predicted octanol–water partition coefficient (Wildman–Crippen LogP) is 4.31. The molecule has 0 aliphatic rings. The standard InChI is InChI=1S/C23H24N4O3/c1-15-8-7-9-16(2)23(15)26-17(3)12-20(18(26)4)14-24-25-22(28)13-19-10-5-6-11-21(19)27(29)30/h5-12,14H,13H2,1-4H3,(H,25,28)/b24-14+. The predicted molar refractivity (Wildman–Crippen MR) is 117 cm³/mol. The van der Waals surface area contributed by atoms with E-state index in [9.17, 15) is 14.9 Å². The first-order valence-corrected chi connectivity index (χ1v) is 9.59. The Morgan fingerprint density at radius 2 is 1.77 bits per heavy atom. The second kappa shape index (κ2) is 8.73. The Hall–Kier alpha value is -3.74.